The molecular weight excluding hydrogens is 386 g/mol. The predicted octanol–water partition coefficient (Wildman–Crippen LogP) is 4.41. The molecule has 2 rings (SSSR count). The van der Waals surface area contributed by atoms with E-state index in [1.165, 1.54) is 0 Å². The Morgan fingerprint density at radius 3 is 2.45 bits per heavy atom. The van der Waals surface area contributed by atoms with Gasteiger partial charge in [0, 0.05) is 8.95 Å². The molecule has 5 heteroatoms. The average Bonchev–Trinajstić information content (AvgIpc) is 2.33. The van der Waals surface area contributed by atoms with Crippen molar-refractivity contribution in [2.45, 2.75) is 13.3 Å². The van der Waals surface area contributed by atoms with Crippen molar-refractivity contribution in [2.24, 2.45) is 0 Å². The summed E-state index contributed by atoms with van der Waals surface area (Å²) in [5.41, 5.74) is 2.57. The van der Waals surface area contributed by atoms with Gasteiger partial charge in [-0.25, -0.2) is 0 Å². The van der Waals surface area contributed by atoms with E-state index in [2.05, 4.69) is 37.2 Å². The molecule has 2 aromatic carbocycles. The molecule has 104 valence electrons. The Labute approximate surface area is 134 Å². The number of rotatable bonds is 3. The fraction of sp³-hybridized carbons (Fsp3) is 0.133. The van der Waals surface area contributed by atoms with E-state index in [0.29, 0.717) is 5.69 Å². The van der Waals surface area contributed by atoms with Crippen LogP contribution in [0.5, 0.6) is 5.75 Å². The second kappa shape index (κ2) is 6.41. The molecule has 0 saturated heterocycles. The Morgan fingerprint density at radius 1 is 1.20 bits per heavy atom. The minimum absolute atomic E-state index is 0.138. The highest BCUT2D eigenvalue weighted by atomic mass is 79.9. The van der Waals surface area contributed by atoms with Crippen LogP contribution < -0.4 is 5.32 Å². The van der Waals surface area contributed by atoms with E-state index in [1.54, 1.807) is 24.3 Å². The third-order valence-corrected chi connectivity index (χ3v) is 3.98. The second-order valence-corrected chi connectivity index (χ2v) is 6.21. The number of carbonyl (C=O) groups is 1. The summed E-state index contributed by atoms with van der Waals surface area (Å²) in [4.78, 5) is 12.0. The number of carbonyl (C=O) groups excluding carboxylic acids is 1. The lowest BCUT2D eigenvalue weighted by atomic mass is 10.1. The maximum absolute atomic E-state index is 12.0. The van der Waals surface area contributed by atoms with Crippen LogP contribution in [0.15, 0.2) is 45.3 Å². The molecule has 2 N–H and O–H groups in total. The monoisotopic (exact) mass is 397 g/mol. The Bertz CT molecular complexity index is 633. The number of nitrogens with one attached hydrogen (secondary N) is 1. The number of halogens is 2. The highest BCUT2D eigenvalue weighted by Crippen LogP contribution is 2.32. The smallest absolute Gasteiger partial charge is 0.228 e. The van der Waals surface area contributed by atoms with E-state index in [1.807, 2.05) is 19.1 Å². The van der Waals surface area contributed by atoms with Crippen LogP contribution in [0.25, 0.3) is 0 Å². The third-order valence-electron chi connectivity index (χ3n) is 2.73. The first-order valence-corrected chi connectivity index (χ1v) is 7.57. The second-order valence-electron chi connectivity index (χ2n) is 4.50. The van der Waals surface area contributed by atoms with Gasteiger partial charge in [0.15, 0.2) is 0 Å². The maximum Gasteiger partial charge on any atom is 0.228 e. The fourth-order valence-corrected chi connectivity index (χ4v) is 3.47. The molecule has 0 aliphatic heterocycles. The van der Waals surface area contributed by atoms with Crippen molar-refractivity contribution >= 4 is 43.5 Å². The Hall–Kier alpha value is -1.33. The number of anilines is 1. The summed E-state index contributed by atoms with van der Waals surface area (Å²) in [6.07, 6.45) is 0.209. The van der Waals surface area contributed by atoms with Gasteiger partial charge in [-0.05, 0) is 74.2 Å². The van der Waals surface area contributed by atoms with E-state index in [-0.39, 0.29) is 18.1 Å². The molecule has 3 nitrogen and oxygen atoms in total. The van der Waals surface area contributed by atoms with Crippen LogP contribution in [0.4, 0.5) is 5.69 Å². The van der Waals surface area contributed by atoms with Crippen LogP contribution in [-0.2, 0) is 11.2 Å². The first-order chi connectivity index (χ1) is 9.45. The summed E-state index contributed by atoms with van der Waals surface area (Å²) in [7, 11) is 0. The molecule has 0 aliphatic rings. The number of phenolic OH excluding ortho intramolecular Hbond substituents is 1. The van der Waals surface area contributed by atoms with Crippen molar-refractivity contribution in [2.75, 3.05) is 5.32 Å². The van der Waals surface area contributed by atoms with Crippen molar-refractivity contribution in [1.29, 1.82) is 0 Å². The van der Waals surface area contributed by atoms with Gasteiger partial charge in [-0.15, -0.1) is 0 Å². The van der Waals surface area contributed by atoms with Crippen LogP contribution >= 0.6 is 31.9 Å². The number of benzene rings is 2. The number of aromatic hydroxyl groups is 1. The van der Waals surface area contributed by atoms with Crippen LogP contribution in [0.1, 0.15) is 11.1 Å². The van der Waals surface area contributed by atoms with E-state index < -0.39 is 0 Å². The van der Waals surface area contributed by atoms with E-state index in [0.717, 1.165) is 20.1 Å². The summed E-state index contributed by atoms with van der Waals surface area (Å²) in [6, 6.07) is 10.6. The lowest BCUT2D eigenvalue weighted by Gasteiger charge is -2.11. The molecule has 1 amide bonds. The molecule has 0 fully saturated rings. The fourth-order valence-electron chi connectivity index (χ4n) is 1.85. The van der Waals surface area contributed by atoms with Crippen molar-refractivity contribution in [3.05, 3.63) is 56.5 Å². The van der Waals surface area contributed by atoms with Gasteiger partial charge in [0.2, 0.25) is 5.91 Å². The molecular formula is C15H13Br2NO2. The third kappa shape index (κ3) is 3.84. The summed E-state index contributed by atoms with van der Waals surface area (Å²) >= 11 is 6.88. The van der Waals surface area contributed by atoms with Crippen LogP contribution in [0.2, 0.25) is 0 Å². The number of aryl methyl sites for hydroxylation is 1. The summed E-state index contributed by atoms with van der Waals surface area (Å²) in [5, 5.41) is 12.2. The zero-order valence-electron chi connectivity index (χ0n) is 10.8. The molecule has 0 bridgehead atoms. The minimum Gasteiger partial charge on any atom is -0.508 e. The number of hydrogen-bond acceptors (Lipinski definition) is 2. The molecule has 2 aromatic rings. The number of hydrogen-bond donors (Lipinski definition) is 2. The number of phenols is 1. The molecule has 0 aliphatic carbocycles. The van der Waals surface area contributed by atoms with Gasteiger partial charge in [0.05, 0.1) is 12.1 Å². The van der Waals surface area contributed by atoms with Crippen LogP contribution in [0, 0.1) is 6.92 Å². The van der Waals surface area contributed by atoms with E-state index >= 15 is 0 Å². The van der Waals surface area contributed by atoms with Crippen LogP contribution in [-0.4, -0.2) is 11.0 Å². The molecule has 20 heavy (non-hydrogen) atoms. The largest absolute Gasteiger partial charge is 0.508 e. The van der Waals surface area contributed by atoms with Gasteiger partial charge in [-0.3, -0.25) is 4.79 Å². The molecule has 0 saturated carbocycles. The molecule has 0 heterocycles. The van der Waals surface area contributed by atoms with Gasteiger partial charge in [0.25, 0.3) is 0 Å². The zero-order chi connectivity index (χ0) is 14.7. The average molecular weight is 399 g/mol. The Morgan fingerprint density at radius 2 is 1.85 bits per heavy atom. The van der Waals surface area contributed by atoms with Crippen LogP contribution in [0.3, 0.4) is 0 Å². The standard InChI is InChI=1S/C15H13Br2NO2/c1-9-5-12(16)15(13(17)6-9)18-14(20)8-10-3-2-4-11(19)7-10/h2-7,19H,8H2,1H3,(H,18,20). The van der Waals surface area contributed by atoms with Gasteiger partial charge in [0.1, 0.15) is 5.75 Å². The predicted molar refractivity (Wildman–Crippen MR) is 87.0 cm³/mol. The zero-order valence-corrected chi connectivity index (χ0v) is 14.0. The first kappa shape index (κ1) is 15.1. The molecule has 0 atom stereocenters. The lowest BCUT2D eigenvalue weighted by molar-refractivity contribution is -0.115. The Kier molecular flexibility index (Phi) is 4.83. The van der Waals surface area contributed by atoms with Crippen molar-refractivity contribution in [1.82, 2.24) is 0 Å². The van der Waals surface area contributed by atoms with E-state index in [9.17, 15) is 9.90 Å². The molecule has 0 unspecified atom stereocenters. The van der Waals surface area contributed by atoms with Gasteiger partial charge in [-0.1, -0.05) is 12.1 Å². The normalized spacial score (nSPS) is 10.3. The highest BCUT2D eigenvalue weighted by molar-refractivity contribution is 9.11. The quantitative estimate of drug-likeness (QED) is 0.804. The van der Waals surface area contributed by atoms with Gasteiger partial charge < -0.3 is 10.4 Å². The summed E-state index contributed by atoms with van der Waals surface area (Å²) < 4.78 is 1.65. The Balaban J connectivity index is 2.13. The number of amides is 1. The summed E-state index contributed by atoms with van der Waals surface area (Å²) in [6.45, 7) is 1.98. The van der Waals surface area contributed by atoms with Gasteiger partial charge in [-0.2, -0.15) is 0 Å². The lowest BCUT2D eigenvalue weighted by Crippen LogP contribution is -2.15. The molecule has 0 radical (unpaired) electrons. The highest BCUT2D eigenvalue weighted by Gasteiger charge is 2.11. The maximum atomic E-state index is 12.0. The first-order valence-electron chi connectivity index (χ1n) is 5.99. The van der Waals surface area contributed by atoms with Gasteiger partial charge >= 0.3 is 0 Å². The van der Waals surface area contributed by atoms with E-state index in [4.69, 9.17) is 0 Å². The SMILES string of the molecule is Cc1cc(Br)c(NC(=O)Cc2cccc(O)c2)c(Br)c1. The van der Waals surface area contributed by atoms with Crippen molar-refractivity contribution in [3.63, 3.8) is 0 Å². The van der Waals surface area contributed by atoms with Crippen molar-refractivity contribution in [3.8, 4) is 5.75 Å². The minimum atomic E-state index is -0.138. The molecule has 0 spiro atoms. The van der Waals surface area contributed by atoms with Crippen molar-refractivity contribution < 1.29 is 9.90 Å². The topological polar surface area (TPSA) is 49.3 Å². The summed E-state index contributed by atoms with van der Waals surface area (Å²) in [5.74, 6) is 0.0221. The molecule has 0 aromatic heterocycles.